The second-order valence-corrected chi connectivity index (χ2v) is 3.07. The van der Waals surface area contributed by atoms with E-state index in [-0.39, 0.29) is 0 Å². The summed E-state index contributed by atoms with van der Waals surface area (Å²) in [6.07, 6.45) is -1.80. The Bertz CT molecular complexity index is 129. The third kappa shape index (κ3) is 4.03. The minimum atomic E-state index is -0.714. The van der Waals surface area contributed by atoms with Crippen LogP contribution in [0.15, 0.2) is 0 Å². The molecule has 0 saturated heterocycles. The molecule has 0 aliphatic heterocycles. The first-order chi connectivity index (χ1) is 5.91. The zero-order valence-electron chi connectivity index (χ0n) is 7.60. The molecular formula is HB10IN. The summed E-state index contributed by atoms with van der Waals surface area (Å²) in [5.41, 5.74) is 0. The van der Waals surface area contributed by atoms with Gasteiger partial charge in [0.1, 0.15) is 8.04 Å². The van der Waals surface area contributed by atoms with Gasteiger partial charge in [0.15, 0.2) is 0 Å². The van der Waals surface area contributed by atoms with Crippen molar-refractivity contribution in [2.75, 3.05) is 0 Å². The summed E-state index contributed by atoms with van der Waals surface area (Å²) in [4.78, 5) is 0. The van der Waals surface area contributed by atoms with Crippen molar-refractivity contribution < 1.29 is 1.41 Å². The molecule has 0 aromatic heterocycles. The predicted molar refractivity (Wildman–Crippen MR) is 74.7 cm³/mol. The normalized spacial score (nSPS) is 10.3. The molecule has 1 nitrogen and oxygen atoms in total. The highest BCUT2D eigenvalue weighted by Gasteiger charge is 2.30. The summed E-state index contributed by atoms with van der Waals surface area (Å²) in [5.74, 6) is 0. The minimum Gasteiger partial charge on any atom is -0.319 e. The van der Waals surface area contributed by atoms with E-state index in [1.807, 2.05) is 0 Å². The van der Waals surface area contributed by atoms with E-state index < -0.39 is 25.8 Å². The highest BCUT2D eigenvalue weighted by atomic mass is 127. The van der Waals surface area contributed by atoms with Gasteiger partial charge in [0, 0.05) is 87.8 Å². The number of rotatable bonds is 5. The molecule has 0 aliphatic carbocycles. The van der Waals surface area contributed by atoms with Crippen molar-refractivity contribution in [2.24, 2.45) is 0 Å². The van der Waals surface area contributed by atoms with Gasteiger partial charge in [0.2, 0.25) is 0 Å². The third-order valence-electron chi connectivity index (χ3n) is 1.57. The lowest BCUT2D eigenvalue weighted by Gasteiger charge is -2.25. The van der Waals surface area contributed by atoms with Crippen LogP contribution in [0.2, 0.25) is 1.41 Å². The molecule has 0 heterocycles. The molecule has 0 unspecified atom stereocenters. The van der Waals surface area contributed by atoms with Crippen molar-refractivity contribution in [1.29, 1.82) is 0 Å². The maximum Gasteiger partial charge on any atom is 0.129 e. The highest BCUT2D eigenvalue weighted by Crippen LogP contribution is 1.91. The van der Waals surface area contributed by atoms with Gasteiger partial charge in [0.25, 0.3) is 0 Å². The van der Waals surface area contributed by atoms with Crippen LogP contribution in [0.1, 0.15) is 0 Å². The molecule has 0 aromatic rings. The molecule has 0 atom stereocenters. The smallest absolute Gasteiger partial charge is 0.129 e. The van der Waals surface area contributed by atoms with Crippen LogP contribution in [0.5, 0.6) is 0 Å². The molecule has 0 aliphatic rings. The number of nitrogens with one attached hydrogen (secondary N) is 1. The van der Waals surface area contributed by atoms with Gasteiger partial charge in [-0.05, 0) is 0 Å². The quantitative estimate of drug-likeness (QED) is 0.305. The topological polar surface area (TPSA) is 12.0 Å². The molecule has 0 rings (SSSR count). The van der Waals surface area contributed by atoms with Crippen molar-refractivity contribution in [3.8, 4) is 0 Å². The summed E-state index contributed by atoms with van der Waals surface area (Å²) in [5, 5.41) is 0. The van der Waals surface area contributed by atoms with Crippen LogP contribution in [0.4, 0.5) is 0 Å². The van der Waals surface area contributed by atoms with Gasteiger partial charge in [-0.1, -0.05) is 0 Å². The summed E-state index contributed by atoms with van der Waals surface area (Å²) in [7, 11) is 28.5. The fourth-order valence-corrected chi connectivity index (χ4v) is 1.60. The van der Waals surface area contributed by atoms with Crippen LogP contribution in [-0.2, 0) is 0 Å². The van der Waals surface area contributed by atoms with Crippen molar-refractivity contribution in [3.63, 3.8) is 0 Å². The zero-order chi connectivity index (χ0) is 10.6. The first kappa shape index (κ1) is 11.4. The molecule has 43 valence electrons. The van der Waals surface area contributed by atoms with E-state index in [9.17, 15) is 0 Å². The Morgan fingerprint density at radius 3 is 1.83 bits per heavy atom. The Morgan fingerprint density at radius 2 is 1.75 bits per heavy atom. The molecule has 1 N–H and O–H groups in total. The van der Waals surface area contributed by atoms with E-state index in [2.05, 4.69) is 0 Å². The van der Waals surface area contributed by atoms with Crippen molar-refractivity contribution >= 4 is 94.4 Å². The van der Waals surface area contributed by atoms with Crippen molar-refractivity contribution in [2.45, 2.75) is 0 Å². The minimum absolute atomic E-state index is 0.408. The SMILES string of the molecule is [3H]N(I)B(B([B])[B])B([B][B])B([B])[B]. The molecule has 0 fully saturated rings. The average molecular weight is 252 g/mol. The fourth-order valence-electron chi connectivity index (χ4n) is 0.857. The summed E-state index contributed by atoms with van der Waals surface area (Å²) < 4.78 is 8.45. The summed E-state index contributed by atoms with van der Waals surface area (Å²) in [6.45, 7) is -0.495. The molecule has 0 spiro atoms. The predicted octanol–water partition coefficient (Wildman–Crippen LogP) is -3.42. The van der Waals surface area contributed by atoms with Gasteiger partial charge < -0.3 is 3.43 Å². The fraction of sp³-hybridized carbons (Fsp3) is 0. The van der Waals surface area contributed by atoms with Crippen LogP contribution in [0, 0.1) is 0 Å². The van der Waals surface area contributed by atoms with Crippen molar-refractivity contribution in [3.05, 3.63) is 0 Å². The zero-order valence-corrected chi connectivity index (χ0v) is 8.76. The van der Waals surface area contributed by atoms with Gasteiger partial charge in [-0.25, -0.2) is 0 Å². The average Bonchev–Trinajstić information content (AvgIpc) is 1.97. The highest BCUT2D eigenvalue weighted by molar-refractivity contribution is 14.1. The van der Waals surface area contributed by atoms with Crippen LogP contribution < -0.4 is 3.43 Å². The first-order valence-corrected chi connectivity index (χ1v) is 4.39. The van der Waals surface area contributed by atoms with Gasteiger partial charge in [-0.3, -0.25) is 0 Å². The largest absolute Gasteiger partial charge is 0.319 e. The molecule has 0 amide bonds. The number of hydrogen-bond donors (Lipinski definition) is 1. The molecule has 12 heavy (non-hydrogen) atoms. The van der Waals surface area contributed by atoms with E-state index in [0.717, 1.165) is 3.43 Å². The van der Waals surface area contributed by atoms with Crippen LogP contribution in [0.25, 0.3) is 0 Å². The van der Waals surface area contributed by atoms with Gasteiger partial charge in [0.05, 0.1) is 0 Å². The van der Waals surface area contributed by atoms with E-state index >= 15 is 0 Å². The lowest BCUT2D eigenvalue weighted by atomic mass is 8.63. The maximum absolute atomic E-state index is 7.37. The molecule has 11 radical (unpaired) electrons. The Kier molecular flexibility index (Phi) is 6.41. The first-order valence-electron chi connectivity index (χ1n) is 3.87. The Morgan fingerprint density at radius 1 is 1.25 bits per heavy atom. The third-order valence-corrected chi connectivity index (χ3v) is 2.21. The summed E-state index contributed by atoms with van der Waals surface area (Å²) >= 11 is 1.74. The monoisotopic (exact) mass is 254 g/mol. The number of halogens is 1. The molecule has 0 bridgehead atoms. The Labute approximate surface area is 98.9 Å². The van der Waals surface area contributed by atoms with Gasteiger partial charge in [-0.2, -0.15) is 0 Å². The van der Waals surface area contributed by atoms with Crippen LogP contribution >= 0.6 is 22.9 Å². The second-order valence-electron chi connectivity index (χ2n) is 2.51. The van der Waals surface area contributed by atoms with E-state index in [1.165, 1.54) is 7.06 Å². The Hall–Kier alpha value is 1.34. The van der Waals surface area contributed by atoms with Crippen molar-refractivity contribution in [1.82, 2.24) is 3.43 Å². The summed E-state index contributed by atoms with van der Waals surface area (Å²) in [6, 6.07) is 0. The van der Waals surface area contributed by atoms with Crippen LogP contribution in [0.3, 0.4) is 0 Å². The van der Waals surface area contributed by atoms with Gasteiger partial charge >= 0.3 is 0 Å². The van der Waals surface area contributed by atoms with Crippen LogP contribution in [-0.4, -0.2) is 71.5 Å². The standard InChI is InChI=1S/B10HIN/c1-6-9(7(2)3)10(12-11)8(4)5/h12H/i/hT. The lowest BCUT2D eigenvalue weighted by Crippen LogP contribution is -2.66. The number of hydrogen-bond acceptors (Lipinski definition) is 1. The lowest BCUT2D eigenvalue weighted by molar-refractivity contribution is 1.80. The maximum atomic E-state index is 7.37. The van der Waals surface area contributed by atoms with E-state index in [4.69, 9.17) is 40.1 Å². The van der Waals surface area contributed by atoms with E-state index in [1.54, 1.807) is 22.9 Å². The van der Waals surface area contributed by atoms with E-state index in [0.29, 0.717) is 0 Å². The molecule has 12 heteroatoms. The van der Waals surface area contributed by atoms with Gasteiger partial charge in [-0.15, -0.1) is 0 Å². The Balaban J connectivity index is 4.49. The molecule has 0 saturated carbocycles. The molecular weight excluding hydrogens is 249 g/mol. The molecule has 0 aromatic carbocycles. The second kappa shape index (κ2) is 6.74.